The highest BCUT2D eigenvalue weighted by Crippen LogP contribution is 2.32. The number of rotatable bonds is 26. The molecule has 0 aliphatic rings. The number of hydrogen-bond acceptors (Lipinski definition) is 16. The van der Waals surface area contributed by atoms with Gasteiger partial charge in [-0.05, 0) is 37.5 Å². The number of nitrogen functional groups attached to an aromatic ring is 2. The molecule has 5 aromatic rings. The van der Waals surface area contributed by atoms with E-state index in [1.54, 1.807) is 21.6 Å². The van der Waals surface area contributed by atoms with Gasteiger partial charge in [0.05, 0.1) is 77.6 Å². The fraction of sp³-hybridized carbons (Fsp3) is 0.529. The van der Waals surface area contributed by atoms with Gasteiger partial charge in [-0.2, -0.15) is 10.1 Å². The van der Waals surface area contributed by atoms with Crippen molar-refractivity contribution in [2.24, 2.45) is 0 Å². The number of anilines is 2. The largest absolute Gasteiger partial charge is 0.424 e. The van der Waals surface area contributed by atoms with Crippen LogP contribution in [0.15, 0.2) is 35.1 Å². The third kappa shape index (κ3) is 12.4. The zero-order valence-electron chi connectivity index (χ0n) is 30.2. The van der Waals surface area contributed by atoms with E-state index >= 15 is 0 Å². The average Bonchev–Trinajstić information content (AvgIpc) is 3.89. The summed E-state index contributed by atoms with van der Waals surface area (Å²) in [6.45, 7) is 5.30. The quantitative estimate of drug-likeness (QED) is 0.0490. The number of fused-ring (bicyclic) bond motifs is 2. The van der Waals surface area contributed by atoms with E-state index in [0.717, 1.165) is 18.4 Å². The molecule has 1 aromatic carbocycles. The molecule has 20 nitrogen and oxygen atoms in total. The maximum atomic E-state index is 12.3. The Morgan fingerprint density at radius 2 is 1.54 bits per heavy atom. The fourth-order valence-electron chi connectivity index (χ4n) is 5.38. The van der Waals surface area contributed by atoms with Crippen molar-refractivity contribution in [3.63, 3.8) is 0 Å². The Morgan fingerprint density at radius 3 is 2.26 bits per heavy atom. The van der Waals surface area contributed by atoms with Crippen LogP contribution >= 0.6 is 0 Å². The lowest BCUT2D eigenvalue weighted by molar-refractivity contribution is -0.122. The number of benzene rings is 1. The number of aliphatic hydroxyl groups excluding tert-OH is 1. The predicted octanol–water partition coefficient (Wildman–Crippen LogP) is 0.832. The minimum Gasteiger partial charge on any atom is -0.424 e. The normalized spacial score (nSPS) is 11.5. The molecule has 0 aliphatic carbocycles. The van der Waals surface area contributed by atoms with E-state index in [4.69, 9.17) is 45.0 Å². The monoisotopic (exact) mass is 752 g/mol. The summed E-state index contributed by atoms with van der Waals surface area (Å²) < 4.78 is 30.7. The van der Waals surface area contributed by atoms with E-state index in [-0.39, 0.29) is 37.3 Å². The van der Waals surface area contributed by atoms with E-state index in [0.29, 0.717) is 125 Å². The van der Waals surface area contributed by atoms with Crippen LogP contribution in [0, 0.1) is 0 Å². The molecule has 4 aromatic heterocycles. The number of hydrogen-bond donors (Lipinski definition) is 5. The van der Waals surface area contributed by atoms with Crippen molar-refractivity contribution in [1.82, 2.24) is 50.4 Å². The van der Waals surface area contributed by atoms with Gasteiger partial charge in [-0.25, -0.2) is 19.3 Å². The number of carbonyl (C=O) groups excluding carboxylic acids is 2. The summed E-state index contributed by atoms with van der Waals surface area (Å²) in [6, 6.07) is 5.57. The molecule has 4 heterocycles. The molecular formula is C34H48N12O8. The molecule has 0 radical (unpaired) electrons. The van der Waals surface area contributed by atoms with E-state index in [9.17, 15) is 9.59 Å². The minimum atomic E-state index is -0.135. The molecule has 0 saturated carbocycles. The molecular weight excluding hydrogens is 704 g/mol. The van der Waals surface area contributed by atoms with Crippen LogP contribution in [0.1, 0.15) is 37.8 Å². The Bertz CT molecular complexity index is 1910. The van der Waals surface area contributed by atoms with Crippen LogP contribution in [0.4, 0.5) is 11.8 Å². The van der Waals surface area contributed by atoms with Gasteiger partial charge in [-0.15, -0.1) is 5.10 Å². The van der Waals surface area contributed by atoms with Crippen LogP contribution in [0.3, 0.4) is 0 Å². The summed E-state index contributed by atoms with van der Waals surface area (Å²) in [4.78, 5) is 37.2. The maximum absolute atomic E-state index is 12.3. The van der Waals surface area contributed by atoms with E-state index in [1.165, 1.54) is 6.33 Å². The fourth-order valence-corrected chi connectivity index (χ4v) is 5.38. The molecule has 0 aliphatic heterocycles. The zero-order valence-corrected chi connectivity index (χ0v) is 30.2. The Morgan fingerprint density at radius 1 is 0.833 bits per heavy atom. The summed E-state index contributed by atoms with van der Waals surface area (Å²) in [6.07, 6.45) is 5.52. The van der Waals surface area contributed by atoms with Gasteiger partial charge < -0.3 is 50.6 Å². The second-order valence-electron chi connectivity index (χ2n) is 12.1. The number of aliphatic hydroxyl groups is 1. The number of nitrogens with one attached hydrogen (secondary N) is 2. The highest BCUT2D eigenvalue weighted by atomic mass is 16.6. The topological polar surface area (TPSA) is 268 Å². The number of aryl methyl sites for hydroxylation is 1. The molecule has 0 bridgehead atoms. The second kappa shape index (κ2) is 21.4. The minimum absolute atomic E-state index is 0.0877. The summed E-state index contributed by atoms with van der Waals surface area (Å²) in [7, 11) is 0. The number of ether oxygens (including phenoxy) is 4. The molecule has 0 spiro atoms. The molecule has 54 heavy (non-hydrogen) atoms. The first-order chi connectivity index (χ1) is 26.4. The molecule has 0 unspecified atom stereocenters. The number of unbranched alkanes of at least 4 members (excludes halogenated alkanes) is 1. The van der Waals surface area contributed by atoms with Gasteiger partial charge in [0.15, 0.2) is 11.2 Å². The predicted molar refractivity (Wildman–Crippen MR) is 195 cm³/mol. The summed E-state index contributed by atoms with van der Waals surface area (Å²) in [5.41, 5.74) is 15.7. The molecule has 0 atom stereocenters. The summed E-state index contributed by atoms with van der Waals surface area (Å²) in [5, 5.41) is 27.8. The molecule has 0 saturated heterocycles. The standard InChI is InChI=1S/C34H48N12O8/c35-32-30-31(24-6-7-27-26(20-24)41-34(36)54-27)43-46(33(30)40-23-39-32)10-2-1-8-37-28(48)4-3-5-29(49)38-9-12-50-14-16-52-18-19-53-17-15-51-13-11-45-21-25(22-47)42-44-45/h6-7,20-21,23,47H,1-5,8-19,22H2,(H2,36,41)(H,37,48)(H,38,49)(H2,35,39,40). The van der Waals surface area contributed by atoms with Gasteiger partial charge in [0.2, 0.25) is 11.8 Å². The average molecular weight is 753 g/mol. The smallest absolute Gasteiger partial charge is 0.292 e. The van der Waals surface area contributed by atoms with Crippen molar-refractivity contribution in [2.75, 3.05) is 77.4 Å². The Hall–Kier alpha value is -5.28. The van der Waals surface area contributed by atoms with Gasteiger partial charge in [0.1, 0.15) is 29.0 Å². The third-order valence-corrected chi connectivity index (χ3v) is 8.06. The Labute approximate surface area is 310 Å². The van der Waals surface area contributed by atoms with Crippen LogP contribution < -0.4 is 22.1 Å². The van der Waals surface area contributed by atoms with Crippen molar-refractivity contribution in [2.45, 2.75) is 51.8 Å². The van der Waals surface area contributed by atoms with E-state index in [2.05, 4.69) is 35.9 Å². The molecule has 0 fully saturated rings. The van der Waals surface area contributed by atoms with Crippen LogP contribution in [0.25, 0.3) is 33.4 Å². The number of nitrogens with two attached hydrogens (primary N) is 2. The highest BCUT2D eigenvalue weighted by molar-refractivity contribution is 5.99. The molecule has 7 N–H and O–H groups in total. The van der Waals surface area contributed by atoms with E-state index < -0.39 is 0 Å². The van der Waals surface area contributed by atoms with Crippen molar-refractivity contribution >= 4 is 45.8 Å². The molecule has 2 amide bonds. The SMILES string of the molecule is Nc1nc2cc(-c3nn(CCCCNC(=O)CCCC(=O)NCCOCCOCCOCCOCCn4cc(CO)nn4)c4ncnc(N)c34)ccc2o1. The maximum Gasteiger partial charge on any atom is 0.292 e. The molecule has 5 rings (SSSR count). The van der Waals surface area contributed by atoms with Gasteiger partial charge in [0, 0.05) is 38.0 Å². The first-order valence-corrected chi connectivity index (χ1v) is 17.9. The van der Waals surface area contributed by atoms with Gasteiger partial charge >= 0.3 is 0 Å². The lowest BCUT2D eigenvalue weighted by atomic mass is 10.1. The first kappa shape index (κ1) is 39.9. The van der Waals surface area contributed by atoms with Crippen molar-refractivity contribution in [1.29, 1.82) is 0 Å². The summed E-state index contributed by atoms with van der Waals surface area (Å²) >= 11 is 0. The highest BCUT2D eigenvalue weighted by Gasteiger charge is 2.18. The zero-order chi connectivity index (χ0) is 38.0. The van der Waals surface area contributed by atoms with Gasteiger partial charge in [-0.3, -0.25) is 9.59 Å². The Kier molecular flexibility index (Phi) is 15.8. The number of nitrogens with zero attached hydrogens (tertiary/aromatic N) is 8. The van der Waals surface area contributed by atoms with Crippen LogP contribution in [-0.2, 0) is 48.2 Å². The molecule has 20 heteroatoms. The van der Waals surface area contributed by atoms with Crippen LogP contribution in [0.5, 0.6) is 0 Å². The lowest BCUT2D eigenvalue weighted by Crippen LogP contribution is -2.28. The van der Waals surface area contributed by atoms with Crippen LogP contribution in [0.2, 0.25) is 0 Å². The van der Waals surface area contributed by atoms with Crippen LogP contribution in [-0.4, -0.2) is 123 Å². The molecule has 292 valence electrons. The summed E-state index contributed by atoms with van der Waals surface area (Å²) in [5.74, 6) is 0.100. The first-order valence-electron chi connectivity index (χ1n) is 17.9. The number of amides is 2. The second-order valence-corrected chi connectivity index (χ2v) is 12.1. The van der Waals surface area contributed by atoms with Crippen molar-refractivity contribution in [3.05, 3.63) is 36.4 Å². The van der Waals surface area contributed by atoms with Gasteiger partial charge in [-0.1, -0.05) is 5.21 Å². The van der Waals surface area contributed by atoms with Gasteiger partial charge in [0.25, 0.3) is 6.01 Å². The third-order valence-electron chi connectivity index (χ3n) is 8.06. The number of oxazole rings is 1. The number of aromatic nitrogens is 8. The lowest BCUT2D eigenvalue weighted by Gasteiger charge is -2.08. The van der Waals surface area contributed by atoms with E-state index in [1.807, 2.05) is 12.1 Å². The number of carbonyl (C=O) groups is 2. The Balaban J connectivity index is 0.834. The van der Waals surface area contributed by atoms with Crippen molar-refractivity contribution in [3.8, 4) is 11.3 Å². The van der Waals surface area contributed by atoms with Crippen molar-refractivity contribution < 1.29 is 38.1 Å².